The number of nitro benzene ring substituents is 2. The van der Waals surface area contributed by atoms with Crippen LogP contribution in [0.1, 0.15) is 24.0 Å². The summed E-state index contributed by atoms with van der Waals surface area (Å²) in [7, 11) is 0. The van der Waals surface area contributed by atoms with Gasteiger partial charge in [-0.1, -0.05) is 0 Å². The van der Waals surface area contributed by atoms with E-state index in [1.165, 1.54) is 18.2 Å². The monoisotopic (exact) mass is 369 g/mol. The van der Waals surface area contributed by atoms with Crippen LogP contribution in [0, 0.1) is 20.2 Å². The molecule has 1 fully saturated rings. The van der Waals surface area contributed by atoms with Crippen LogP contribution < -0.4 is 4.74 Å². The summed E-state index contributed by atoms with van der Waals surface area (Å²) in [5.41, 5.74) is 1.24. The third-order valence-electron chi connectivity index (χ3n) is 4.36. The van der Waals surface area contributed by atoms with Gasteiger partial charge in [0.05, 0.1) is 21.5 Å². The summed E-state index contributed by atoms with van der Waals surface area (Å²) in [4.78, 5) is 23.3. The Morgan fingerprint density at radius 2 is 1.70 bits per heavy atom. The molecule has 0 N–H and O–H groups in total. The number of benzene rings is 2. The highest BCUT2D eigenvalue weighted by atomic mass is 16.6. The van der Waals surface area contributed by atoms with Crippen molar-refractivity contribution in [1.82, 2.24) is 4.90 Å². The molecule has 2 aromatic rings. The zero-order chi connectivity index (χ0) is 19.2. The van der Waals surface area contributed by atoms with Crippen molar-refractivity contribution in [3.8, 4) is 5.75 Å². The third kappa shape index (κ3) is 4.81. The van der Waals surface area contributed by atoms with E-state index in [0.29, 0.717) is 11.3 Å². The fourth-order valence-corrected chi connectivity index (χ4v) is 2.87. The Bertz CT molecular complexity index is 858. The van der Waals surface area contributed by atoms with Crippen molar-refractivity contribution in [1.29, 1.82) is 0 Å². The Kier molecular flexibility index (Phi) is 5.65. The molecule has 1 aliphatic heterocycles. The van der Waals surface area contributed by atoms with Crippen LogP contribution in [0.15, 0.2) is 48.7 Å². The molecule has 0 unspecified atom stereocenters. The molecule has 0 aliphatic carbocycles. The molecule has 0 atom stereocenters. The van der Waals surface area contributed by atoms with Gasteiger partial charge in [0.1, 0.15) is 12.4 Å². The van der Waals surface area contributed by atoms with Crippen LogP contribution in [0.25, 0.3) is 6.08 Å². The fraction of sp³-hybridized carbons (Fsp3) is 0.263. The van der Waals surface area contributed by atoms with Gasteiger partial charge in [0.25, 0.3) is 11.4 Å². The summed E-state index contributed by atoms with van der Waals surface area (Å²) in [5, 5.41) is 22.0. The summed E-state index contributed by atoms with van der Waals surface area (Å²) in [6, 6.07) is 10.7. The lowest BCUT2D eigenvalue weighted by molar-refractivity contribution is -0.385. The molecule has 1 aliphatic rings. The summed E-state index contributed by atoms with van der Waals surface area (Å²) in [6.45, 7) is 2.11. The third-order valence-corrected chi connectivity index (χ3v) is 4.36. The van der Waals surface area contributed by atoms with E-state index in [4.69, 9.17) is 4.74 Å². The molecule has 8 heteroatoms. The van der Waals surface area contributed by atoms with Crippen LogP contribution in [0.3, 0.4) is 0 Å². The quantitative estimate of drug-likeness (QED) is 0.537. The van der Waals surface area contributed by atoms with Crippen molar-refractivity contribution >= 4 is 17.5 Å². The van der Waals surface area contributed by atoms with Crippen LogP contribution in [0.2, 0.25) is 0 Å². The van der Waals surface area contributed by atoms with Crippen LogP contribution in [-0.2, 0) is 6.61 Å². The molecule has 27 heavy (non-hydrogen) atoms. The molecule has 0 spiro atoms. The van der Waals surface area contributed by atoms with E-state index in [-0.39, 0.29) is 18.0 Å². The minimum atomic E-state index is -0.470. The molecular formula is C19H19N3O5. The van der Waals surface area contributed by atoms with E-state index >= 15 is 0 Å². The molecular weight excluding hydrogens is 350 g/mol. The molecule has 0 saturated carbocycles. The maximum Gasteiger partial charge on any atom is 0.280 e. The highest BCUT2D eigenvalue weighted by molar-refractivity contribution is 5.62. The van der Waals surface area contributed by atoms with Gasteiger partial charge >= 0.3 is 0 Å². The minimum absolute atomic E-state index is 0.00327. The van der Waals surface area contributed by atoms with Crippen LogP contribution in [0.4, 0.5) is 11.4 Å². The number of likely N-dealkylation sites (tertiary alicyclic amines) is 1. The van der Waals surface area contributed by atoms with Gasteiger partial charge in [-0.2, -0.15) is 0 Å². The topological polar surface area (TPSA) is 98.8 Å². The second kappa shape index (κ2) is 8.31. The second-order valence-corrected chi connectivity index (χ2v) is 6.25. The van der Waals surface area contributed by atoms with Crippen molar-refractivity contribution in [3.63, 3.8) is 0 Å². The zero-order valence-corrected chi connectivity index (χ0v) is 14.6. The first-order valence-corrected chi connectivity index (χ1v) is 8.60. The molecule has 1 heterocycles. The minimum Gasteiger partial charge on any atom is -0.489 e. The molecule has 2 aromatic carbocycles. The Morgan fingerprint density at radius 1 is 1.00 bits per heavy atom. The summed E-state index contributed by atoms with van der Waals surface area (Å²) >= 11 is 0. The van der Waals surface area contributed by atoms with Crippen LogP contribution in [0.5, 0.6) is 5.75 Å². The SMILES string of the molecule is O=[N+]([O-])c1ccc(COc2ccc(/C=C/N3CCCC3)c([N+](=O)[O-])c2)cc1. The average Bonchev–Trinajstić information content (AvgIpc) is 3.19. The molecule has 0 amide bonds. The first kappa shape index (κ1) is 18.4. The van der Waals surface area contributed by atoms with Gasteiger partial charge in [-0.3, -0.25) is 20.2 Å². The predicted octanol–water partition coefficient (Wildman–Crippen LogP) is 4.15. The summed E-state index contributed by atoms with van der Waals surface area (Å²) in [6.07, 6.45) is 5.93. The number of hydrogen-bond acceptors (Lipinski definition) is 6. The number of ether oxygens (including phenoxy) is 1. The van der Waals surface area contributed by atoms with Gasteiger partial charge in [-0.15, -0.1) is 0 Å². The van der Waals surface area contributed by atoms with Gasteiger partial charge in [0.15, 0.2) is 0 Å². The van der Waals surface area contributed by atoms with Crippen LogP contribution >= 0.6 is 0 Å². The molecule has 0 radical (unpaired) electrons. The van der Waals surface area contributed by atoms with Gasteiger partial charge in [0, 0.05) is 25.2 Å². The van der Waals surface area contributed by atoms with Crippen molar-refractivity contribution in [3.05, 3.63) is 80.0 Å². The van der Waals surface area contributed by atoms with E-state index < -0.39 is 9.85 Å². The van der Waals surface area contributed by atoms with E-state index in [2.05, 4.69) is 4.90 Å². The molecule has 0 aromatic heterocycles. The lowest BCUT2D eigenvalue weighted by Crippen LogP contribution is -2.10. The normalized spacial score (nSPS) is 13.9. The van der Waals surface area contributed by atoms with Gasteiger partial charge in [-0.25, -0.2) is 0 Å². The first-order valence-electron chi connectivity index (χ1n) is 8.60. The molecule has 1 saturated heterocycles. The van der Waals surface area contributed by atoms with Gasteiger partial charge in [-0.05, 0) is 54.9 Å². The molecule has 140 valence electrons. The standard InChI is InChI=1S/C19H19N3O5/c23-21(24)17-6-3-15(4-7-17)14-27-18-8-5-16(19(13-18)22(25)26)9-12-20-10-1-2-11-20/h3-9,12-13H,1-2,10-11,14H2/b12-9+. The van der Waals surface area contributed by atoms with E-state index in [1.807, 2.05) is 6.20 Å². The van der Waals surface area contributed by atoms with E-state index in [9.17, 15) is 20.2 Å². The lowest BCUT2D eigenvalue weighted by Gasteiger charge is -2.10. The molecule has 8 nitrogen and oxygen atoms in total. The molecule has 3 rings (SSSR count). The van der Waals surface area contributed by atoms with Crippen LogP contribution in [-0.4, -0.2) is 27.8 Å². The first-order chi connectivity index (χ1) is 13.0. The smallest absolute Gasteiger partial charge is 0.280 e. The maximum absolute atomic E-state index is 11.4. The zero-order valence-electron chi connectivity index (χ0n) is 14.6. The van der Waals surface area contributed by atoms with Crippen molar-refractivity contribution in [2.75, 3.05) is 13.1 Å². The highest BCUT2D eigenvalue weighted by Crippen LogP contribution is 2.27. The van der Waals surface area contributed by atoms with E-state index in [0.717, 1.165) is 31.5 Å². The Morgan fingerprint density at radius 3 is 2.33 bits per heavy atom. The largest absolute Gasteiger partial charge is 0.489 e. The summed E-state index contributed by atoms with van der Waals surface area (Å²) < 4.78 is 5.61. The summed E-state index contributed by atoms with van der Waals surface area (Å²) in [5.74, 6) is 0.373. The number of nitrogens with zero attached hydrogens (tertiary/aromatic N) is 3. The van der Waals surface area contributed by atoms with Crippen molar-refractivity contribution < 1.29 is 14.6 Å². The number of rotatable bonds is 7. The highest BCUT2D eigenvalue weighted by Gasteiger charge is 2.14. The molecule has 0 bridgehead atoms. The van der Waals surface area contributed by atoms with Crippen molar-refractivity contribution in [2.45, 2.75) is 19.4 Å². The van der Waals surface area contributed by atoms with E-state index in [1.54, 1.807) is 30.3 Å². The lowest BCUT2D eigenvalue weighted by atomic mass is 10.1. The fourth-order valence-electron chi connectivity index (χ4n) is 2.87. The predicted molar refractivity (Wildman–Crippen MR) is 100 cm³/mol. The van der Waals surface area contributed by atoms with Crippen molar-refractivity contribution in [2.24, 2.45) is 0 Å². The Hall–Kier alpha value is -3.42. The number of hydrogen-bond donors (Lipinski definition) is 0. The average molecular weight is 369 g/mol. The Balaban J connectivity index is 1.69. The maximum atomic E-state index is 11.4. The van der Waals surface area contributed by atoms with Gasteiger partial charge < -0.3 is 9.64 Å². The Labute approximate surface area is 156 Å². The van der Waals surface area contributed by atoms with Gasteiger partial charge in [0.2, 0.25) is 0 Å². The number of non-ortho nitro benzene ring substituents is 1. The second-order valence-electron chi connectivity index (χ2n) is 6.25. The number of nitro groups is 2.